The molecular formula is C18H26N2O. The molecular weight excluding hydrogens is 260 g/mol. The molecule has 0 saturated heterocycles. The van der Waals surface area contributed by atoms with E-state index in [1.807, 2.05) is 28.9 Å². The molecule has 3 nitrogen and oxygen atoms in total. The van der Waals surface area contributed by atoms with Crippen molar-refractivity contribution in [2.75, 3.05) is 0 Å². The molecule has 0 saturated carbocycles. The van der Waals surface area contributed by atoms with Gasteiger partial charge >= 0.3 is 0 Å². The van der Waals surface area contributed by atoms with Gasteiger partial charge in [0.25, 0.3) is 0 Å². The van der Waals surface area contributed by atoms with E-state index in [1.54, 1.807) is 0 Å². The van der Waals surface area contributed by atoms with Gasteiger partial charge in [0.1, 0.15) is 5.69 Å². The fourth-order valence-corrected chi connectivity index (χ4v) is 2.43. The normalized spacial score (nSPS) is 12.3. The van der Waals surface area contributed by atoms with E-state index in [2.05, 4.69) is 39.7 Å². The van der Waals surface area contributed by atoms with Crippen molar-refractivity contribution >= 4 is 10.9 Å². The van der Waals surface area contributed by atoms with Crippen molar-refractivity contribution < 1.29 is 0 Å². The summed E-state index contributed by atoms with van der Waals surface area (Å²) in [4.78, 5) is 12.6. The molecule has 0 bridgehead atoms. The predicted molar refractivity (Wildman–Crippen MR) is 88.6 cm³/mol. The number of para-hydroxylation sites is 1. The Bertz CT molecular complexity index is 678. The second-order valence-electron chi connectivity index (χ2n) is 7.43. The summed E-state index contributed by atoms with van der Waals surface area (Å²) in [5.41, 5.74) is 1.94. The molecule has 114 valence electrons. The molecule has 3 heteroatoms. The standard InChI is InChI=1S/C18H26N2O/c1-13(2)12-20-16-9-7-6-8-14(16)17(21)15(19-20)10-11-18(3,4)5/h6-9,13H,10-12H2,1-5H3. The molecule has 0 amide bonds. The lowest BCUT2D eigenvalue weighted by Crippen LogP contribution is -2.22. The number of fused-ring (bicyclic) bond motifs is 1. The van der Waals surface area contributed by atoms with Gasteiger partial charge in [0.15, 0.2) is 0 Å². The van der Waals surface area contributed by atoms with Crippen molar-refractivity contribution in [2.45, 2.75) is 54.0 Å². The van der Waals surface area contributed by atoms with Crippen molar-refractivity contribution in [3.8, 4) is 0 Å². The van der Waals surface area contributed by atoms with E-state index < -0.39 is 0 Å². The van der Waals surface area contributed by atoms with Crippen LogP contribution in [0, 0.1) is 11.3 Å². The molecule has 0 N–H and O–H groups in total. The monoisotopic (exact) mass is 286 g/mol. The Morgan fingerprint density at radius 3 is 2.48 bits per heavy atom. The maximum Gasteiger partial charge on any atom is 0.211 e. The Kier molecular flexibility index (Phi) is 4.50. The Balaban J connectivity index is 2.51. The molecule has 0 spiro atoms. The lowest BCUT2D eigenvalue weighted by atomic mass is 9.89. The van der Waals surface area contributed by atoms with Crippen LogP contribution in [0.25, 0.3) is 10.9 Å². The number of aromatic nitrogens is 2. The third kappa shape index (κ3) is 3.93. The van der Waals surface area contributed by atoms with E-state index in [0.29, 0.717) is 11.6 Å². The van der Waals surface area contributed by atoms with Gasteiger partial charge in [-0.1, -0.05) is 46.8 Å². The second-order valence-corrected chi connectivity index (χ2v) is 7.43. The van der Waals surface area contributed by atoms with E-state index in [4.69, 9.17) is 0 Å². The lowest BCUT2D eigenvalue weighted by molar-refractivity contribution is 0.373. The van der Waals surface area contributed by atoms with Crippen LogP contribution in [0.15, 0.2) is 29.1 Å². The van der Waals surface area contributed by atoms with Crippen LogP contribution in [-0.2, 0) is 13.0 Å². The summed E-state index contributed by atoms with van der Waals surface area (Å²) in [5.74, 6) is 0.499. The van der Waals surface area contributed by atoms with Gasteiger partial charge in [0.2, 0.25) is 5.43 Å². The van der Waals surface area contributed by atoms with Crippen LogP contribution in [0.4, 0.5) is 0 Å². The molecule has 0 aliphatic rings. The first-order valence-electron chi connectivity index (χ1n) is 7.76. The largest absolute Gasteiger partial charge is 0.287 e. The van der Waals surface area contributed by atoms with Crippen LogP contribution in [0.1, 0.15) is 46.7 Å². The highest BCUT2D eigenvalue weighted by atomic mass is 16.1. The number of benzene rings is 1. The number of hydrogen-bond donors (Lipinski definition) is 0. The maximum absolute atomic E-state index is 12.6. The zero-order chi connectivity index (χ0) is 15.6. The fraction of sp³-hybridized carbons (Fsp3) is 0.556. The molecule has 1 aromatic heterocycles. The minimum absolute atomic E-state index is 0.0925. The Morgan fingerprint density at radius 1 is 1.19 bits per heavy atom. The van der Waals surface area contributed by atoms with Crippen molar-refractivity contribution in [3.05, 3.63) is 40.2 Å². The molecule has 2 rings (SSSR count). The van der Waals surface area contributed by atoms with Crippen LogP contribution < -0.4 is 5.43 Å². The zero-order valence-electron chi connectivity index (χ0n) is 13.8. The van der Waals surface area contributed by atoms with Gasteiger partial charge in [-0.05, 0) is 36.3 Å². The summed E-state index contributed by atoms with van der Waals surface area (Å²) in [6.45, 7) is 11.8. The third-order valence-corrected chi connectivity index (χ3v) is 3.58. The van der Waals surface area contributed by atoms with Crippen molar-refractivity contribution in [1.82, 2.24) is 9.78 Å². The molecule has 0 radical (unpaired) electrons. The van der Waals surface area contributed by atoms with Crippen molar-refractivity contribution in [3.63, 3.8) is 0 Å². The maximum atomic E-state index is 12.6. The summed E-state index contributed by atoms with van der Waals surface area (Å²) in [6.07, 6.45) is 1.71. The molecule has 0 fully saturated rings. The first-order chi connectivity index (χ1) is 9.78. The number of aryl methyl sites for hydroxylation is 1. The van der Waals surface area contributed by atoms with E-state index in [9.17, 15) is 4.79 Å². The van der Waals surface area contributed by atoms with Gasteiger partial charge in [-0.15, -0.1) is 0 Å². The van der Waals surface area contributed by atoms with Gasteiger partial charge in [0, 0.05) is 11.9 Å². The minimum Gasteiger partial charge on any atom is -0.287 e. The fourth-order valence-electron chi connectivity index (χ4n) is 2.43. The quantitative estimate of drug-likeness (QED) is 0.850. The lowest BCUT2D eigenvalue weighted by Gasteiger charge is -2.18. The van der Waals surface area contributed by atoms with E-state index in [1.165, 1.54) is 0 Å². The minimum atomic E-state index is 0.0925. The molecule has 0 unspecified atom stereocenters. The molecule has 1 aromatic carbocycles. The molecule has 0 aliphatic heterocycles. The van der Waals surface area contributed by atoms with E-state index >= 15 is 0 Å². The van der Waals surface area contributed by atoms with Crippen molar-refractivity contribution in [2.24, 2.45) is 11.3 Å². The van der Waals surface area contributed by atoms with Gasteiger partial charge in [-0.2, -0.15) is 5.10 Å². The molecule has 21 heavy (non-hydrogen) atoms. The highest BCUT2D eigenvalue weighted by Crippen LogP contribution is 2.20. The Labute approximate surface area is 127 Å². The predicted octanol–water partition coefficient (Wildman–Crippen LogP) is 4.03. The summed E-state index contributed by atoms with van der Waals surface area (Å²) in [6, 6.07) is 7.79. The number of nitrogens with zero attached hydrogens (tertiary/aromatic N) is 2. The number of rotatable bonds is 4. The molecule has 1 heterocycles. The smallest absolute Gasteiger partial charge is 0.211 e. The summed E-state index contributed by atoms with van der Waals surface area (Å²) in [7, 11) is 0. The van der Waals surface area contributed by atoms with Crippen LogP contribution in [-0.4, -0.2) is 9.78 Å². The summed E-state index contributed by atoms with van der Waals surface area (Å²) >= 11 is 0. The summed E-state index contributed by atoms with van der Waals surface area (Å²) in [5, 5.41) is 5.44. The third-order valence-electron chi connectivity index (χ3n) is 3.58. The van der Waals surface area contributed by atoms with Crippen LogP contribution in [0.5, 0.6) is 0 Å². The van der Waals surface area contributed by atoms with Crippen molar-refractivity contribution in [1.29, 1.82) is 0 Å². The highest BCUT2D eigenvalue weighted by Gasteiger charge is 2.15. The van der Waals surface area contributed by atoms with Gasteiger partial charge in [-0.3, -0.25) is 9.48 Å². The topological polar surface area (TPSA) is 34.9 Å². The Morgan fingerprint density at radius 2 is 1.86 bits per heavy atom. The van der Waals surface area contributed by atoms with E-state index in [0.717, 1.165) is 30.3 Å². The number of hydrogen-bond acceptors (Lipinski definition) is 2. The van der Waals surface area contributed by atoms with Gasteiger partial charge < -0.3 is 0 Å². The average molecular weight is 286 g/mol. The molecule has 2 aromatic rings. The highest BCUT2D eigenvalue weighted by molar-refractivity contribution is 5.78. The first-order valence-corrected chi connectivity index (χ1v) is 7.76. The van der Waals surface area contributed by atoms with Crippen LogP contribution >= 0.6 is 0 Å². The average Bonchev–Trinajstić information content (AvgIpc) is 2.39. The van der Waals surface area contributed by atoms with Crippen LogP contribution in [0.2, 0.25) is 0 Å². The van der Waals surface area contributed by atoms with Gasteiger partial charge in [-0.25, -0.2) is 0 Å². The first kappa shape index (κ1) is 15.7. The summed E-state index contributed by atoms with van der Waals surface area (Å²) < 4.78 is 2.00. The van der Waals surface area contributed by atoms with Crippen LogP contribution in [0.3, 0.4) is 0 Å². The SMILES string of the molecule is CC(C)Cn1nc(CCC(C)(C)C)c(=O)c2ccccc21. The second kappa shape index (κ2) is 6.00. The molecule has 0 atom stereocenters. The molecule has 0 aliphatic carbocycles. The Hall–Kier alpha value is -1.64. The zero-order valence-corrected chi connectivity index (χ0v) is 13.8. The van der Waals surface area contributed by atoms with Gasteiger partial charge in [0.05, 0.1) is 5.52 Å². The van der Waals surface area contributed by atoms with E-state index in [-0.39, 0.29) is 10.8 Å².